The van der Waals surface area contributed by atoms with Gasteiger partial charge >= 0.3 is 0 Å². The molecule has 0 radical (unpaired) electrons. The topological polar surface area (TPSA) is 49.2 Å². The molecule has 4 nitrogen and oxygen atoms in total. The number of nitrogens with zero attached hydrogens (tertiary/aromatic N) is 2. The summed E-state index contributed by atoms with van der Waals surface area (Å²) in [6.45, 7) is 1.76. The lowest BCUT2D eigenvalue weighted by atomic mass is 9.92. The Morgan fingerprint density at radius 3 is 2.84 bits per heavy atom. The summed E-state index contributed by atoms with van der Waals surface area (Å²) in [5.41, 5.74) is 1.24. The maximum Gasteiger partial charge on any atom is 0.284 e. The molecule has 2 aromatic rings. The predicted octanol–water partition coefficient (Wildman–Crippen LogP) is 3.06. The molecule has 1 aliphatic heterocycles. The zero-order valence-electron chi connectivity index (χ0n) is 10.9. The summed E-state index contributed by atoms with van der Waals surface area (Å²) in [4.78, 5) is 1.99. The average Bonchev–Trinajstić information content (AvgIpc) is 2.90. The molecular formula is C14H17N3OS. The van der Waals surface area contributed by atoms with Crippen LogP contribution >= 0.6 is 11.5 Å². The number of hydrogen-bond acceptors (Lipinski definition) is 4. The summed E-state index contributed by atoms with van der Waals surface area (Å²) < 4.78 is 10.9. The van der Waals surface area contributed by atoms with Gasteiger partial charge in [-0.25, -0.2) is 0 Å². The number of rotatable bonds is 1. The van der Waals surface area contributed by atoms with Gasteiger partial charge in [0.15, 0.2) is 0 Å². The van der Waals surface area contributed by atoms with Crippen LogP contribution in [0.4, 0.5) is 0 Å². The maximum atomic E-state index is 7.69. The van der Waals surface area contributed by atoms with Crippen LogP contribution in [0.5, 0.6) is 0 Å². The van der Waals surface area contributed by atoms with Gasteiger partial charge in [0.1, 0.15) is 0 Å². The molecule has 2 heterocycles. The van der Waals surface area contributed by atoms with E-state index in [1.165, 1.54) is 15.8 Å². The summed E-state index contributed by atoms with van der Waals surface area (Å²) in [7, 11) is 1.56. The van der Waals surface area contributed by atoms with Crippen molar-refractivity contribution in [3.63, 3.8) is 0 Å². The average molecular weight is 275 g/mol. The van der Waals surface area contributed by atoms with E-state index in [4.69, 9.17) is 10.1 Å². The normalized spacial score (nSPS) is 16.8. The van der Waals surface area contributed by atoms with Gasteiger partial charge in [0.2, 0.25) is 0 Å². The van der Waals surface area contributed by atoms with Crippen molar-refractivity contribution in [3.8, 4) is 0 Å². The van der Waals surface area contributed by atoms with Gasteiger partial charge in [0.05, 0.1) is 17.5 Å². The van der Waals surface area contributed by atoms with Gasteiger partial charge in [0.25, 0.3) is 6.02 Å². The lowest BCUT2D eigenvalue weighted by molar-refractivity contribution is 0.235. The zero-order valence-corrected chi connectivity index (χ0v) is 11.7. The molecule has 1 fully saturated rings. The van der Waals surface area contributed by atoms with Crippen LogP contribution in [0.25, 0.3) is 10.1 Å². The summed E-state index contributed by atoms with van der Waals surface area (Å²) in [6, 6.07) is 8.72. The van der Waals surface area contributed by atoms with Crippen LogP contribution in [-0.2, 0) is 4.74 Å². The first-order valence-corrected chi connectivity index (χ1v) is 7.28. The number of likely N-dealkylation sites (tertiary alicyclic amines) is 1. The van der Waals surface area contributed by atoms with Crippen LogP contribution in [0.3, 0.4) is 0 Å². The number of benzene rings is 1. The third-order valence-electron chi connectivity index (χ3n) is 3.77. The highest BCUT2D eigenvalue weighted by Crippen LogP contribution is 2.34. The van der Waals surface area contributed by atoms with Crippen molar-refractivity contribution in [2.75, 3.05) is 20.2 Å². The Kier molecular flexibility index (Phi) is 3.38. The number of ether oxygens (including phenoxy) is 1. The summed E-state index contributed by atoms with van der Waals surface area (Å²) in [6.07, 6.45) is 2.08. The number of methoxy groups -OCH3 is 1. The Morgan fingerprint density at radius 1 is 1.37 bits per heavy atom. The molecule has 0 saturated carbocycles. The van der Waals surface area contributed by atoms with E-state index in [2.05, 4.69) is 28.6 Å². The lowest BCUT2D eigenvalue weighted by Crippen LogP contribution is -2.38. The first kappa shape index (κ1) is 12.4. The Hall–Kier alpha value is -1.62. The van der Waals surface area contributed by atoms with Crippen LogP contribution in [0.15, 0.2) is 24.3 Å². The van der Waals surface area contributed by atoms with Gasteiger partial charge < -0.3 is 9.64 Å². The molecule has 1 aromatic heterocycles. The first-order chi connectivity index (χ1) is 9.29. The largest absolute Gasteiger partial charge is 0.469 e. The highest BCUT2D eigenvalue weighted by molar-refractivity contribution is 7.13. The number of nitrogens with one attached hydrogen (secondary N) is 1. The zero-order chi connectivity index (χ0) is 13.2. The second kappa shape index (κ2) is 5.17. The van der Waals surface area contributed by atoms with Crippen LogP contribution < -0.4 is 0 Å². The van der Waals surface area contributed by atoms with Gasteiger partial charge in [-0.15, -0.1) is 0 Å². The van der Waals surface area contributed by atoms with Crippen LogP contribution in [0.1, 0.15) is 24.5 Å². The fraction of sp³-hybridized carbons (Fsp3) is 0.429. The third-order valence-corrected chi connectivity index (χ3v) is 4.61. The fourth-order valence-corrected chi connectivity index (χ4v) is 3.54. The number of aromatic nitrogens is 1. The van der Waals surface area contributed by atoms with E-state index in [0.717, 1.165) is 25.9 Å². The van der Waals surface area contributed by atoms with Crippen LogP contribution in [0.2, 0.25) is 0 Å². The Bertz CT molecular complexity index is 587. The van der Waals surface area contributed by atoms with Crippen molar-refractivity contribution >= 4 is 27.6 Å². The molecule has 0 bridgehead atoms. The van der Waals surface area contributed by atoms with E-state index >= 15 is 0 Å². The molecule has 100 valence electrons. The number of amidine groups is 1. The first-order valence-electron chi connectivity index (χ1n) is 6.51. The van der Waals surface area contributed by atoms with Crippen LogP contribution in [0, 0.1) is 5.41 Å². The SMILES string of the molecule is COC(=N)N1CCC(c2nsc3ccccc23)CC1. The van der Waals surface area contributed by atoms with Crippen LogP contribution in [-0.4, -0.2) is 35.5 Å². The van der Waals surface area contributed by atoms with Crippen molar-refractivity contribution in [1.82, 2.24) is 9.27 Å². The molecule has 0 unspecified atom stereocenters. The standard InChI is InChI=1S/C14H17N3OS/c1-18-14(15)17-8-6-10(7-9-17)13-11-4-2-3-5-12(11)19-16-13/h2-5,10,15H,6-9H2,1H3. The maximum absolute atomic E-state index is 7.69. The smallest absolute Gasteiger partial charge is 0.284 e. The van der Waals surface area contributed by atoms with Gasteiger partial charge in [-0.1, -0.05) is 18.2 Å². The van der Waals surface area contributed by atoms with Crippen molar-refractivity contribution < 1.29 is 4.74 Å². The van der Waals surface area contributed by atoms with Crippen molar-refractivity contribution in [3.05, 3.63) is 30.0 Å². The monoisotopic (exact) mass is 275 g/mol. The molecule has 1 saturated heterocycles. The molecule has 0 aliphatic carbocycles. The summed E-state index contributed by atoms with van der Waals surface area (Å²) >= 11 is 1.59. The highest BCUT2D eigenvalue weighted by Gasteiger charge is 2.25. The second-order valence-corrected chi connectivity index (χ2v) is 5.64. The van der Waals surface area contributed by atoms with Gasteiger partial charge in [-0.05, 0) is 30.4 Å². The Balaban J connectivity index is 1.77. The van der Waals surface area contributed by atoms with E-state index in [9.17, 15) is 0 Å². The molecule has 1 aliphatic rings. The molecule has 0 spiro atoms. The van der Waals surface area contributed by atoms with E-state index in [-0.39, 0.29) is 6.02 Å². The predicted molar refractivity (Wildman–Crippen MR) is 77.9 cm³/mol. The van der Waals surface area contributed by atoms with E-state index in [0.29, 0.717) is 5.92 Å². The molecule has 1 N–H and O–H groups in total. The minimum absolute atomic E-state index is 0.279. The highest BCUT2D eigenvalue weighted by atomic mass is 32.1. The van der Waals surface area contributed by atoms with E-state index in [1.807, 2.05) is 4.90 Å². The van der Waals surface area contributed by atoms with Crippen molar-refractivity contribution in [1.29, 1.82) is 5.41 Å². The van der Waals surface area contributed by atoms with Gasteiger partial charge in [0, 0.05) is 24.4 Å². The molecule has 0 amide bonds. The number of fused-ring (bicyclic) bond motifs is 1. The minimum Gasteiger partial charge on any atom is -0.469 e. The van der Waals surface area contributed by atoms with Gasteiger partial charge in [-0.2, -0.15) is 4.37 Å². The molecule has 1 aromatic carbocycles. The third kappa shape index (κ3) is 2.30. The minimum atomic E-state index is 0.279. The number of hydrogen-bond donors (Lipinski definition) is 1. The lowest BCUT2D eigenvalue weighted by Gasteiger charge is -2.31. The van der Waals surface area contributed by atoms with Gasteiger partial charge in [-0.3, -0.25) is 5.41 Å². The van der Waals surface area contributed by atoms with E-state index < -0.39 is 0 Å². The molecule has 3 rings (SSSR count). The quantitative estimate of drug-likeness (QED) is 0.643. The summed E-state index contributed by atoms with van der Waals surface area (Å²) in [5, 5.41) is 8.99. The Morgan fingerprint density at radius 2 is 2.11 bits per heavy atom. The molecular weight excluding hydrogens is 258 g/mol. The molecule has 5 heteroatoms. The molecule has 0 atom stereocenters. The van der Waals surface area contributed by atoms with Crippen molar-refractivity contribution in [2.45, 2.75) is 18.8 Å². The Labute approximate surface area is 116 Å². The number of piperidine rings is 1. The molecule has 19 heavy (non-hydrogen) atoms. The summed E-state index contributed by atoms with van der Waals surface area (Å²) in [5.74, 6) is 0.511. The fourth-order valence-electron chi connectivity index (χ4n) is 2.68. The van der Waals surface area contributed by atoms with Crippen molar-refractivity contribution in [2.24, 2.45) is 0 Å². The second-order valence-electron chi connectivity index (χ2n) is 4.83. The van der Waals surface area contributed by atoms with E-state index in [1.54, 1.807) is 18.6 Å².